The minimum atomic E-state index is -0.254. The zero-order valence-corrected chi connectivity index (χ0v) is 12.4. The van der Waals surface area contributed by atoms with Crippen LogP contribution in [-0.2, 0) is 6.54 Å². The highest BCUT2D eigenvalue weighted by molar-refractivity contribution is 5.32. The molecular formula is C17H22FN3. The molecule has 1 atom stereocenters. The van der Waals surface area contributed by atoms with Gasteiger partial charge in [-0.05, 0) is 44.5 Å². The number of hydrogen-bond acceptors (Lipinski definition) is 3. The van der Waals surface area contributed by atoms with E-state index in [9.17, 15) is 4.39 Å². The number of benzene rings is 1. The summed E-state index contributed by atoms with van der Waals surface area (Å²) in [6.45, 7) is 5.19. The van der Waals surface area contributed by atoms with Crippen molar-refractivity contribution in [2.45, 2.75) is 38.3 Å². The fourth-order valence-electron chi connectivity index (χ4n) is 3.52. The van der Waals surface area contributed by atoms with E-state index in [1.165, 1.54) is 44.8 Å². The maximum absolute atomic E-state index is 14.0. The van der Waals surface area contributed by atoms with Gasteiger partial charge in [0, 0.05) is 31.2 Å². The molecule has 112 valence electrons. The molecule has 0 N–H and O–H groups in total. The minimum absolute atomic E-state index is 0.254. The van der Waals surface area contributed by atoms with Gasteiger partial charge in [-0.1, -0.05) is 12.5 Å². The van der Waals surface area contributed by atoms with Gasteiger partial charge in [0.05, 0.1) is 11.6 Å². The lowest BCUT2D eigenvalue weighted by Crippen LogP contribution is -2.40. The maximum Gasteiger partial charge on any atom is 0.129 e. The van der Waals surface area contributed by atoms with Crippen LogP contribution in [0.4, 0.5) is 4.39 Å². The monoisotopic (exact) mass is 287 g/mol. The highest BCUT2D eigenvalue weighted by Crippen LogP contribution is 2.22. The first kappa shape index (κ1) is 14.5. The Hall–Kier alpha value is -1.44. The van der Waals surface area contributed by atoms with Crippen molar-refractivity contribution in [1.29, 1.82) is 5.26 Å². The van der Waals surface area contributed by atoms with Crippen LogP contribution in [0.15, 0.2) is 18.2 Å². The molecule has 0 aromatic heterocycles. The molecular weight excluding hydrogens is 265 g/mol. The van der Waals surface area contributed by atoms with E-state index in [1.807, 2.05) is 6.07 Å². The van der Waals surface area contributed by atoms with Gasteiger partial charge in [0.2, 0.25) is 0 Å². The lowest BCUT2D eigenvalue weighted by molar-refractivity contribution is 0.161. The second-order valence-corrected chi connectivity index (χ2v) is 6.19. The Bertz CT molecular complexity index is 531. The summed E-state index contributed by atoms with van der Waals surface area (Å²) >= 11 is 0. The van der Waals surface area contributed by atoms with Crippen LogP contribution < -0.4 is 0 Å². The van der Waals surface area contributed by atoms with Gasteiger partial charge < -0.3 is 0 Å². The molecule has 2 aliphatic rings. The molecule has 2 aliphatic heterocycles. The Labute approximate surface area is 126 Å². The quantitative estimate of drug-likeness (QED) is 0.856. The number of halogens is 1. The highest BCUT2D eigenvalue weighted by atomic mass is 19.1. The third-order valence-electron chi connectivity index (χ3n) is 4.73. The summed E-state index contributed by atoms with van der Waals surface area (Å²) in [4.78, 5) is 4.95. The average molecular weight is 287 g/mol. The van der Waals surface area contributed by atoms with E-state index in [4.69, 9.17) is 5.26 Å². The molecule has 2 saturated heterocycles. The molecule has 2 fully saturated rings. The van der Waals surface area contributed by atoms with Crippen LogP contribution in [0.5, 0.6) is 0 Å². The van der Waals surface area contributed by atoms with Crippen LogP contribution in [0.25, 0.3) is 0 Å². The topological polar surface area (TPSA) is 30.3 Å². The number of likely N-dealkylation sites (tertiary alicyclic amines) is 2. The molecule has 0 saturated carbocycles. The molecule has 3 rings (SSSR count). The van der Waals surface area contributed by atoms with E-state index >= 15 is 0 Å². The molecule has 3 nitrogen and oxygen atoms in total. The average Bonchev–Trinajstić information content (AvgIpc) is 2.99. The standard InChI is InChI=1S/C17H22FN3/c18-17-10-14(11-19)4-5-15(17)12-20-9-6-16(13-20)21-7-2-1-3-8-21/h4-5,10,16H,1-3,6-9,12-13H2. The Morgan fingerprint density at radius 3 is 2.71 bits per heavy atom. The van der Waals surface area contributed by atoms with Gasteiger partial charge in [-0.2, -0.15) is 5.26 Å². The number of piperidine rings is 1. The van der Waals surface area contributed by atoms with Crippen LogP contribution >= 0.6 is 0 Å². The van der Waals surface area contributed by atoms with E-state index in [0.717, 1.165) is 13.1 Å². The number of rotatable bonds is 3. The van der Waals surface area contributed by atoms with Crippen LogP contribution in [0.1, 0.15) is 36.8 Å². The predicted octanol–water partition coefficient (Wildman–Crippen LogP) is 2.76. The third-order valence-corrected chi connectivity index (χ3v) is 4.73. The smallest absolute Gasteiger partial charge is 0.129 e. The van der Waals surface area contributed by atoms with Crippen molar-refractivity contribution in [3.8, 4) is 6.07 Å². The van der Waals surface area contributed by atoms with Crippen molar-refractivity contribution in [2.75, 3.05) is 26.2 Å². The summed E-state index contributed by atoms with van der Waals surface area (Å²) in [5.74, 6) is -0.254. The van der Waals surface area contributed by atoms with E-state index < -0.39 is 0 Å². The number of hydrogen-bond donors (Lipinski definition) is 0. The Balaban J connectivity index is 1.58. The lowest BCUT2D eigenvalue weighted by Gasteiger charge is -2.32. The summed E-state index contributed by atoms with van der Waals surface area (Å²) in [6.07, 6.45) is 5.20. The highest BCUT2D eigenvalue weighted by Gasteiger charge is 2.28. The normalized spacial score (nSPS) is 24.1. The second kappa shape index (κ2) is 6.55. The summed E-state index contributed by atoms with van der Waals surface area (Å²) in [7, 11) is 0. The van der Waals surface area contributed by atoms with Crippen LogP contribution in [0.3, 0.4) is 0 Å². The van der Waals surface area contributed by atoms with Gasteiger partial charge in [0.25, 0.3) is 0 Å². The van der Waals surface area contributed by atoms with Crippen molar-refractivity contribution in [3.05, 3.63) is 35.1 Å². The summed E-state index contributed by atoms with van der Waals surface area (Å²) in [5, 5.41) is 8.78. The molecule has 0 spiro atoms. The molecule has 21 heavy (non-hydrogen) atoms. The molecule has 1 unspecified atom stereocenters. The van der Waals surface area contributed by atoms with E-state index in [-0.39, 0.29) is 5.82 Å². The van der Waals surface area contributed by atoms with Gasteiger partial charge in [0.15, 0.2) is 0 Å². The first-order valence-electron chi connectivity index (χ1n) is 7.91. The number of nitrogens with zero attached hydrogens (tertiary/aromatic N) is 3. The van der Waals surface area contributed by atoms with Crippen LogP contribution in [0.2, 0.25) is 0 Å². The Morgan fingerprint density at radius 1 is 1.19 bits per heavy atom. The van der Waals surface area contributed by atoms with Gasteiger partial charge >= 0.3 is 0 Å². The third kappa shape index (κ3) is 3.42. The molecule has 2 heterocycles. The predicted molar refractivity (Wildman–Crippen MR) is 80.2 cm³/mol. The maximum atomic E-state index is 14.0. The zero-order valence-electron chi connectivity index (χ0n) is 12.4. The molecule has 0 amide bonds. The van der Waals surface area contributed by atoms with Gasteiger partial charge in [-0.15, -0.1) is 0 Å². The van der Waals surface area contributed by atoms with Crippen LogP contribution in [-0.4, -0.2) is 42.0 Å². The molecule has 0 radical (unpaired) electrons. The van der Waals surface area contributed by atoms with Gasteiger partial charge in [-0.3, -0.25) is 9.80 Å². The SMILES string of the molecule is N#Cc1ccc(CN2CCC(N3CCCCC3)C2)c(F)c1. The molecule has 0 bridgehead atoms. The molecule has 4 heteroatoms. The first-order chi connectivity index (χ1) is 10.3. The molecule has 1 aromatic rings. The van der Waals surface area contributed by atoms with E-state index in [0.29, 0.717) is 23.7 Å². The number of nitriles is 1. The van der Waals surface area contributed by atoms with Gasteiger partial charge in [0.1, 0.15) is 5.82 Å². The van der Waals surface area contributed by atoms with Crippen molar-refractivity contribution in [2.24, 2.45) is 0 Å². The molecule has 1 aromatic carbocycles. The first-order valence-corrected chi connectivity index (χ1v) is 7.91. The van der Waals surface area contributed by atoms with Crippen molar-refractivity contribution < 1.29 is 4.39 Å². The van der Waals surface area contributed by atoms with Gasteiger partial charge in [-0.25, -0.2) is 4.39 Å². The van der Waals surface area contributed by atoms with Crippen molar-refractivity contribution in [3.63, 3.8) is 0 Å². The van der Waals surface area contributed by atoms with Crippen molar-refractivity contribution >= 4 is 0 Å². The minimum Gasteiger partial charge on any atom is -0.299 e. The summed E-state index contributed by atoms with van der Waals surface area (Å²) in [5.41, 5.74) is 1.09. The largest absolute Gasteiger partial charge is 0.299 e. The fraction of sp³-hybridized carbons (Fsp3) is 0.588. The molecule has 0 aliphatic carbocycles. The second-order valence-electron chi connectivity index (χ2n) is 6.19. The fourth-order valence-corrected chi connectivity index (χ4v) is 3.52. The zero-order chi connectivity index (χ0) is 14.7. The van der Waals surface area contributed by atoms with Crippen LogP contribution in [0, 0.1) is 17.1 Å². The van der Waals surface area contributed by atoms with Crippen molar-refractivity contribution in [1.82, 2.24) is 9.80 Å². The Kier molecular flexibility index (Phi) is 4.52. The summed E-state index contributed by atoms with van der Waals surface area (Å²) in [6, 6.07) is 7.42. The Morgan fingerprint density at radius 2 is 2.00 bits per heavy atom. The lowest BCUT2D eigenvalue weighted by atomic mass is 10.1. The van der Waals surface area contributed by atoms with E-state index in [2.05, 4.69) is 9.80 Å². The summed E-state index contributed by atoms with van der Waals surface area (Å²) < 4.78 is 14.0. The van der Waals surface area contributed by atoms with E-state index in [1.54, 1.807) is 12.1 Å².